The molecular weight excluding hydrogens is 427 g/mol. The summed E-state index contributed by atoms with van der Waals surface area (Å²) in [6.07, 6.45) is 0. The molecule has 10 heteroatoms. The summed E-state index contributed by atoms with van der Waals surface area (Å²) in [5, 5.41) is 0.225. The predicted molar refractivity (Wildman–Crippen MR) is 110 cm³/mol. The average molecular weight is 446 g/mol. The summed E-state index contributed by atoms with van der Waals surface area (Å²) in [5.74, 6) is -2.59. The molecule has 29 heavy (non-hydrogen) atoms. The Hall–Kier alpha value is -2.36. The van der Waals surface area contributed by atoms with E-state index in [4.69, 9.17) is 4.74 Å². The van der Waals surface area contributed by atoms with Crippen molar-refractivity contribution < 1.29 is 22.7 Å². The first kappa shape index (κ1) is 22.9. The van der Waals surface area contributed by atoms with E-state index in [-0.39, 0.29) is 35.3 Å². The highest BCUT2D eigenvalue weighted by molar-refractivity contribution is 7.22. The predicted octanol–water partition coefficient (Wildman–Crippen LogP) is 4.11. The van der Waals surface area contributed by atoms with Gasteiger partial charge in [-0.2, -0.15) is 0 Å². The van der Waals surface area contributed by atoms with Gasteiger partial charge in [-0.3, -0.25) is 9.69 Å². The number of rotatable bonds is 7. The Kier molecular flexibility index (Phi) is 7.83. The van der Waals surface area contributed by atoms with Crippen LogP contribution in [0.15, 0.2) is 36.4 Å². The Balaban J connectivity index is 0.00000300. The fraction of sp³-hybridized carbons (Fsp3) is 0.263. The van der Waals surface area contributed by atoms with Gasteiger partial charge in [-0.05, 0) is 32.3 Å². The van der Waals surface area contributed by atoms with Gasteiger partial charge in [-0.15, -0.1) is 12.4 Å². The number of nitrogens with zero attached hydrogens (tertiary/aromatic N) is 3. The molecule has 0 bridgehead atoms. The van der Waals surface area contributed by atoms with Gasteiger partial charge in [-0.1, -0.05) is 23.5 Å². The zero-order chi connectivity index (χ0) is 20.3. The quantitative estimate of drug-likeness (QED) is 0.549. The van der Waals surface area contributed by atoms with Crippen molar-refractivity contribution >= 4 is 45.0 Å². The molecule has 0 spiro atoms. The van der Waals surface area contributed by atoms with Crippen LogP contribution in [0.5, 0.6) is 5.75 Å². The van der Waals surface area contributed by atoms with Gasteiger partial charge in [0.25, 0.3) is 5.91 Å². The van der Waals surface area contributed by atoms with Gasteiger partial charge >= 0.3 is 0 Å². The molecule has 0 unspecified atom stereocenters. The standard InChI is InChI=1S/C19H18F3N3O2S.ClH/c1-24(2)7-8-25(17(26)11-27-15-6-4-3-5-13(15)21)19-23-18-14(22)9-12(20)10-16(18)28-19;/h3-6,9-10H,7-8,11H2,1-2H3;1H. The number of aromatic nitrogens is 1. The molecule has 0 saturated heterocycles. The lowest BCUT2D eigenvalue weighted by molar-refractivity contribution is -0.120. The zero-order valence-electron chi connectivity index (χ0n) is 15.7. The van der Waals surface area contributed by atoms with Crippen molar-refractivity contribution in [2.75, 3.05) is 38.7 Å². The molecule has 0 fully saturated rings. The topological polar surface area (TPSA) is 45.7 Å². The molecule has 1 amide bonds. The number of carbonyl (C=O) groups excluding carboxylic acids is 1. The van der Waals surface area contributed by atoms with Crippen molar-refractivity contribution in [3.05, 3.63) is 53.8 Å². The number of anilines is 1. The first-order valence-electron chi connectivity index (χ1n) is 8.43. The van der Waals surface area contributed by atoms with Crippen LogP contribution in [0.2, 0.25) is 0 Å². The SMILES string of the molecule is CN(C)CCN(C(=O)COc1ccccc1F)c1nc2c(F)cc(F)cc2s1.Cl. The Morgan fingerprint density at radius 1 is 1.10 bits per heavy atom. The van der Waals surface area contributed by atoms with Gasteiger partial charge in [0.05, 0.1) is 4.70 Å². The average Bonchev–Trinajstić information content (AvgIpc) is 3.05. The van der Waals surface area contributed by atoms with Crippen LogP contribution in [-0.2, 0) is 4.79 Å². The molecule has 0 aliphatic carbocycles. The van der Waals surface area contributed by atoms with Crippen LogP contribution in [-0.4, -0.2) is 49.6 Å². The molecule has 156 valence electrons. The Bertz CT molecular complexity index is 1000. The number of hydrogen-bond acceptors (Lipinski definition) is 5. The van der Waals surface area contributed by atoms with E-state index in [1.165, 1.54) is 29.2 Å². The maximum absolute atomic E-state index is 14.0. The van der Waals surface area contributed by atoms with Crippen LogP contribution in [0.3, 0.4) is 0 Å². The molecule has 0 N–H and O–H groups in total. The molecule has 1 heterocycles. The maximum Gasteiger partial charge on any atom is 0.266 e. The third kappa shape index (κ3) is 5.59. The van der Waals surface area contributed by atoms with Gasteiger partial charge in [0, 0.05) is 19.2 Å². The molecular formula is C19H19ClF3N3O2S. The van der Waals surface area contributed by atoms with E-state index in [9.17, 15) is 18.0 Å². The molecule has 5 nitrogen and oxygen atoms in total. The normalized spacial score (nSPS) is 10.8. The number of amides is 1. The number of thiazole rings is 1. The summed E-state index contributed by atoms with van der Waals surface area (Å²) in [4.78, 5) is 20.1. The summed E-state index contributed by atoms with van der Waals surface area (Å²) < 4.78 is 46.7. The number of benzene rings is 2. The molecule has 0 atom stereocenters. The van der Waals surface area contributed by atoms with Crippen LogP contribution < -0.4 is 9.64 Å². The second-order valence-corrected chi connectivity index (χ2v) is 7.31. The minimum Gasteiger partial charge on any atom is -0.481 e. The molecule has 2 aromatic carbocycles. The van der Waals surface area contributed by atoms with Gasteiger partial charge in [0.15, 0.2) is 29.1 Å². The molecule has 0 aliphatic rings. The lowest BCUT2D eigenvalue weighted by atomic mass is 10.3. The molecule has 3 aromatic rings. The molecule has 0 radical (unpaired) electrons. The van der Waals surface area contributed by atoms with Gasteiger partial charge < -0.3 is 9.64 Å². The number of likely N-dealkylation sites (N-methyl/N-ethyl adjacent to an activating group) is 1. The van der Waals surface area contributed by atoms with Crippen molar-refractivity contribution in [1.29, 1.82) is 0 Å². The first-order chi connectivity index (χ1) is 13.3. The van der Waals surface area contributed by atoms with Crippen LogP contribution in [0.1, 0.15) is 0 Å². The lowest BCUT2D eigenvalue weighted by Crippen LogP contribution is -2.39. The van der Waals surface area contributed by atoms with Gasteiger partial charge in [-0.25, -0.2) is 18.2 Å². The van der Waals surface area contributed by atoms with E-state index in [0.29, 0.717) is 11.2 Å². The van der Waals surface area contributed by atoms with E-state index < -0.39 is 30.0 Å². The Morgan fingerprint density at radius 2 is 1.83 bits per heavy atom. The number of para-hydroxylation sites is 1. The van der Waals surface area contributed by atoms with Crippen molar-refractivity contribution in [2.45, 2.75) is 0 Å². The fourth-order valence-corrected chi connectivity index (χ4v) is 3.52. The van der Waals surface area contributed by atoms with E-state index in [0.717, 1.165) is 17.4 Å². The highest BCUT2D eigenvalue weighted by Gasteiger charge is 2.22. The Morgan fingerprint density at radius 3 is 2.52 bits per heavy atom. The second kappa shape index (κ2) is 9.91. The fourth-order valence-electron chi connectivity index (χ4n) is 2.47. The zero-order valence-corrected chi connectivity index (χ0v) is 17.3. The van der Waals surface area contributed by atoms with Crippen molar-refractivity contribution in [3.63, 3.8) is 0 Å². The maximum atomic E-state index is 14.0. The monoisotopic (exact) mass is 445 g/mol. The van der Waals surface area contributed by atoms with Crippen LogP contribution >= 0.6 is 23.7 Å². The number of halogens is 4. The van der Waals surface area contributed by atoms with Crippen molar-refractivity contribution in [1.82, 2.24) is 9.88 Å². The van der Waals surface area contributed by atoms with Gasteiger partial charge in [0.2, 0.25) is 0 Å². The van der Waals surface area contributed by atoms with Gasteiger partial charge in [0.1, 0.15) is 11.3 Å². The lowest BCUT2D eigenvalue weighted by Gasteiger charge is -2.22. The molecule has 1 aromatic heterocycles. The first-order valence-corrected chi connectivity index (χ1v) is 9.25. The van der Waals surface area contributed by atoms with Crippen LogP contribution in [0.25, 0.3) is 10.2 Å². The molecule has 0 aliphatic heterocycles. The number of carbonyl (C=O) groups is 1. The van der Waals surface area contributed by atoms with E-state index in [2.05, 4.69) is 4.98 Å². The highest BCUT2D eigenvalue weighted by atomic mass is 35.5. The molecule has 0 saturated carbocycles. The van der Waals surface area contributed by atoms with E-state index in [1.807, 2.05) is 19.0 Å². The third-order valence-electron chi connectivity index (χ3n) is 3.89. The Labute approximate surface area is 176 Å². The van der Waals surface area contributed by atoms with Crippen molar-refractivity contribution in [3.8, 4) is 5.75 Å². The highest BCUT2D eigenvalue weighted by Crippen LogP contribution is 2.31. The summed E-state index contributed by atoms with van der Waals surface area (Å²) in [5.41, 5.74) is -0.000856. The van der Waals surface area contributed by atoms with Crippen LogP contribution in [0, 0.1) is 17.5 Å². The van der Waals surface area contributed by atoms with Crippen LogP contribution in [0.4, 0.5) is 18.3 Å². The minimum absolute atomic E-state index is 0. The summed E-state index contributed by atoms with van der Waals surface area (Å²) >= 11 is 1.00. The number of ether oxygens (including phenoxy) is 1. The summed E-state index contributed by atoms with van der Waals surface area (Å²) in [6.45, 7) is 0.357. The van der Waals surface area contributed by atoms with Crippen molar-refractivity contribution in [2.24, 2.45) is 0 Å². The summed E-state index contributed by atoms with van der Waals surface area (Å²) in [6, 6.07) is 7.68. The third-order valence-corrected chi connectivity index (χ3v) is 4.92. The second-order valence-electron chi connectivity index (χ2n) is 6.30. The van der Waals surface area contributed by atoms with E-state index >= 15 is 0 Å². The number of fused-ring (bicyclic) bond motifs is 1. The summed E-state index contributed by atoms with van der Waals surface area (Å²) in [7, 11) is 3.68. The largest absolute Gasteiger partial charge is 0.481 e. The smallest absolute Gasteiger partial charge is 0.266 e. The minimum atomic E-state index is -0.792. The molecule has 3 rings (SSSR count). The van der Waals surface area contributed by atoms with E-state index in [1.54, 1.807) is 6.07 Å². The number of hydrogen-bond donors (Lipinski definition) is 0.